The van der Waals surface area contributed by atoms with E-state index in [-0.39, 0.29) is 4.90 Å². The summed E-state index contributed by atoms with van der Waals surface area (Å²) in [7, 11) is -2.08. The molecule has 2 heterocycles. The molecule has 1 aliphatic heterocycles. The second-order valence-corrected chi connectivity index (χ2v) is 16.3. The van der Waals surface area contributed by atoms with Gasteiger partial charge in [-0.1, -0.05) is 146 Å². The number of piperazine rings is 1. The fourth-order valence-electron chi connectivity index (χ4n) is 6.46. The van der Waals surface area contributed by atoms with Gasteiger partial charge in [-0.05, 0) is 66.8 Å². The van der Waals surface area contributed by atoms with Crippen molar-refractivity contribution in [3.8, 4) is 11.3 Å². The number of benzene rings is 6. The molecule has 1 saturated heterocycles. The summed E-state index contributed by atoms with van der Waals surface area (Å²) in [5, 5.41) is 5.16. The van der Waals surface area contributed by atoms with Crippen molar-refractivity contribution in [2.24, 2.45) is 0 Å². The molecule has 0 aliphatic carbocycles. The van der Waals surface area contributed by atoms with Crippen molar-refractivity contribution >= 4 is 50.4 Å². The second-order valence-electron chi connectivity index (χ2n) is 12.3. The lowest BCUT2D eigenvalue weighted by atomic mass is 10.1. The molecule has 1 fully saturated rings. The van der Waals surface area contributed by atoms with E-state index < -0.39 is 17.9 Å². The number of hydrogen-bond acceptors (Lipinski definition) is 4. The van der Waals surface area contributed by atoms with Gasteiger partial charge >= 0.3 is 0 Å². The summed E-state index contributed by atoms with van der Waals surface area (Å²) in [5.41, 5.74) is 3.35. The van der Waals surface area contributed by atoms with Crippen LogP contribution in [-0.2, 0) is 10.0 Å². The van der Waals surface area contributed by atoms with Crippen LogP contribution < -0.4 is 20.8 Å². The lowest BCUT2D eigenvalue weighted by Gasteiger charge is -2.34. The first-order valence-corrected chi connectivity index (χ1v) is 19.7. The lowest BCUT2D eigenvalue weighted by molar-refractivity contribution is 0.313. The first-order valence-electron chi connectivity index (χ1n) is 16.9. The molecule has 0 saturated carbocycles. The molecule has 0 N–H and O–H groups in total. The van der Waals surface area contributed by atoms with Gasteiger partial charge < -0.3 is 9.80 Å². The van der Waals surface area contributed by atoms with Crippen LogP contribution in [0.15, 0.2) is 181 Å². The molecular formula is C43H40N3O2PS. The Bertz CT molecular complexity index is 2150. The first kappa shape index (κ1) is 33.5. The molecule has 5 nitrogen and oxygen atoms in total. The van der Waals surface area contributed by atoms with Gasteiger partial charge in [0.05, 0.1) is 16.1 Å². The molecule has 1 aliphatic rings. The Labute approximate surface area is 296 Å². The van der Waals surface area contributed by atoms with Gasteiger partial charge in [0.2, 0.25) is 0 Å². The monoisotopic (exact) mass is 693 g/mol. The normalized spacial score (nSPS) is 13.6. The molecule has 50 heavy (non-hydrogen) atoms. The highest BCUT2D eigenvalue weighted by molar-refractivity contribution is 7.90. The second kappa shape index (κ2) is 15.3. The fraction of sp³-hybridized carbons (Fsp3) is 0.116. The van der Waals surface area contributed by atoms with Gasteiger partial charge in [0.25, 0.3) is 10.0 Å². The molecule has 7 aromatic rings. The zero-order valence-corrected chi connectivity index (χ0v) is 29.8. The minimum absolute atomic E-state index is 0.287. The molecule has 7 heteroatoms. The molecular weight excluding hydrogens is 654 g/mol. The minimum atomic E-state index is -3.77. The van der Waals surface area contributed by atoms with Gasteiger partial charge in [-0.15, -0.1) is 0 Å². The fourth-order valence-corrected chi connectivity index (χ4v) is 10.3. The van der Waals surface area contributed by atoms with Crippen molar-refractivity contribution < 1.29 is 8.42 Å². The minimum Gasteiger partial charge on any atom is -0.368 e. The number of nitrogens with zero attached hydrogens (tertiary/aromatic N) is 3. The standard InChI is InChI=1S/C25H25N3O2S.C18H15P/c1-26-15-17-27(18-16-26)23-13-8-14-24-22(23)19-25(20-9-4-2-5-10-20)28(24)31(29,30)21-11-6-3-7-12-21;1-4-10-16(11-5-1)19(17-12-6-2-7-13-17)18-14-8-3-9-15-18/h2-14,19H,15-18H2,1H3;1-15H. The van der Waals surface area contributed by atoms with Crippen molar-refractivity contribution in [1.29, 1.82) is 0 Å². The van der Waals surface area contributed by atoms with Crippen molar-refractivity contribution in [3.63, 3.8) is 0 Å². The molecule has 8 rings (SSSR count). The molecule has 0 atom stereocenters. The average Bonchev–Trinajstić information content (AvgIpc) is 3.59. The molecule has 0 amide bonds. The summed E-state index contributed by atoms with van der Waals surface area (Å²) in [6.45, 7) is 3.83. The van der Waals surface area contributed by atoms with E-state index in [0.717, 1.165) is 42.8 Å². The summed E-state index contributed by atoms with van der Waals surface area (Å²) in [6, 6.07) is 58.7. The zero-order valence-electron chi connectivity index (χ0n) is 28.1. The van der Waals surface area contributed by atoms with Crippen LogP contribution in [0.3, 0.4) is 0 Å². The third kappa shape index (κ3) is 7.15. The van der Waals surface area contributed by atoms with Crippen molar-refractivity contribution in [3.05, 3.63) is 176 Å². The molecule has 0 unspecified atom stereocenters. The van der Waals surface area contributed by atoms with Crippen LogP contribution in [0.4, 0.5) is 5.69 Å². The van der Waals surface area contributed by atoms with Crippen molar-refractivity contribution in [2.45, 2.75) is 4.90 Å². The SMILES string of the molecule is CN1CCN(c2cccc3c2cc(-c2ccccc2)n3S(=O)(=O)c2ccccc2)CC1.c1ccc(P(c2ccccc2)c2ccccc2)cc1. The number of rotatable bonds is 7. The Morgan fingerprint density at radius 2 is 0.980 bits per heavy atom. The van der Waals surface area contributed by atoms with E-state index in [1.165, 1.54) is 19.9 Å². The molecule has 1 aromatic heterocycles. The van der Waals surface area contributed by atoms with E-state index in [4.69, 9.17) is 0 Å². The average molecular weight is 694 g/mol. The van der Waals surface area contributed by atoms with Crippen LogP contribution >= 0.6 is 7.92 Å². The Balaban J connectivity index is 0.000000176. The first-order chi connectivity index (χ1) is 24.5. The summed E-state index contributed by atoms with van der Waals surface area (Å²) in [5.74, 6) is 0. The number of anilines is 1. The summed E-state index contributed by atoms with van der Waals surface area (Å²) >= 11 is 0. The Morgan fingerprint density at radius 3 is 1.48 bits per heavy atom. The topological polar surface area (TPSA) is 45.5 Å². The Kier molecular flexibility index (Phi) is 10.2. The van der Waals surface area contributed by atoms with E-state index in [0.29, 0.717) is 11.2 Å². The van der Waals surface area contributed by atoms with Crippen LogP contribution in [0.2, 0.25) is 0 Å². The Morgan fingerprint density at radius 1 is 0.520 bits per heavy atom. The number of hydrogen-bond donors (Lipinski definition) is 0. The highest BCUT2D eigenvalue weighted by Gasteiger charge is 2.26. The number of likely N-dealkylation sites (N-methyl/N-ethyl adjacent to an activating group) is 1. The van der Waals surface area contributed by atoms with E-state index in [1.807, 2.05) is 54.6 Å². The van der Waals surface area contributed by atoms with Gasteiger partial charge in [0.1, 0.15) is 0 Å². The van der Waals surface area contributed by atoms with E-state index in [9.17, 15) is 8.42 Å². The molecule has 6 aromatic carbocycles. The van der Waals surface area contributed by atoms with Crippen molar-refractivity contribution in [1.82, 2.24) is 8.87 Å². The predicted octanol–water partition coefficient (Wildman–Crippen LogP) is 7.74. The maximum absolute atomic E-state index is 13.8. The van der Waals surface area contributed by atoms with E-state index in [1.54, 1.807) is 24.3 Å². The van der Waals surface area contributed by atoms with Gasteiger partial charge in [-0.2, -0.15) is 0 Å². The van der Waals surface area contributed by atoms with E-state index >= 15 is 0 Å². The summed E-state index contributed by atoms with van der Waals surface area (Å²) in [4.78, 5) is 4.96. The van der Waals surface area contributed by atoms with Gasteiger partial charge in [-0.25, -0.2) is 12.4 Å². The van der Waals surface area contributed by atoms with Gasteiger partial charge in [0, 0.05) is 37.3 Å². The summed E-state index contributed by atoms with van der Waals surface area (Å²) < 4.78 is 29.1. The highest BCUT2D eigenvalue weighted by atomic mass is 32.2. The predicted molar refractivity (Wildman–Crippen MR) is 211 cm³/mol. The smallest absolute Gasteiger partial charge is 0.268 e. The van der Waals surface area contributed by atoms with Crippen LogP contribution in [0.5, 0.6) is 0 Å². The zero-order chi connectivity index (χ0) is 34.3. The number of fused-ring (bicyclic) bond motifs is 1. The Hall–Kier alpha value is -5.00. The van der Waals surface area contributed by atoms with Crippen LogP contribution in [0, 0.1) is 0 Å². The molecule has 0 spiro atoms. The number of aromatic nitrogens is 1. The third-order valence-electron chi connectivity index (χ3n) is 9.02. The lowest BCUT2D eigenvalue weighted by Crippen LogP contribution is -2.44. The molecule has 0 radical (unpaired) electrons. The maximum atomic E-state index is 13.8. The van der Waals surface area contributed by atoms with E-state index in [2.05, 4.69) is 114 Å². The van der Waals surface area contributed by atoms with Gasteiger partial charge in [0.15, 0.2) is 0 Å². The van der Waals surface area contributed by atoms with Crippen molar-refractivity contribution in [2.75, 3.05) is 38.1 Å². The maximum Gasteiger partial charge on any atom is 0.268 e. The molecule has 0 bridgehead atoms. The molecule has 250 valence electrons. The quantitative estimate of drug-likeness (QED) is 0.160. The highest BCUT2D eigenvalue weighted by Crippen LogP contribution is 2.37. The van der Waals surface area contributed by atoms with Crippen LogP contribution in [0.1, 0.15) is 0 Å². The largest absolute Gasteiger partial charge is 0.368 e. The van der Waals surface area contributed by atoms with Gasteiger partial charge in [-0.3, -0.25) is 0 Å². The van der Waals surface area contributed by atoms with Crippen LogP contribution in [0.25, 0.3) is 22.2 Å². The van der Waals surface area contributed by atoms with Crippen LogP contribution in [-0.4, -0.2) is 50.5 Å². The summed E-state index contributed by atoms with van der Waals surface area (Å²) in [6.07, 6.45) is 0. The third-order valence-corrected chi connectivity index (χ3v) is 13.2.